The van der Waals surface area contributed by atoms with E-state index in [0.29, 0.717) is 22.4 Å². The minimum absolute atomic E-state index is 0.136. The maximum atomic E-state index is 13.2. The number of fused-ring (bicyclic) bond motifs is 1. The van der Waals surface area contributed by atoms with Gasteiger partial charge in [-0.05, 0) is 59.1 Å². The molecule has 2 aromatic heterocycles. The van der Waals surface area contributed by atoms with Gasteiger partial charge in [-0.1, -0.05) is 29.0 Å². The third-order valence-corrected chi connectivity index (χ3v) is 5.53. The van der Waals surface area contributed by atoms with Gasteiger partial charge in [0.1, 0.15) is 5.52 Å². The Kier molecular flexibility index (Phi) is 6.14. The number of aromatic nitrogens is 3. The number of amides is 1. The number of benzene rings is 1. The van der Waals surface area contributed by atoms with Crippen LogP contribution in [-0.4, -0.2) is 52.8 Å². The molecular weight excluding hydrogens is 382 g/mol. The molecular formula is C19H24ClN5OS. The minimum Gasteiger partial charge on any atom is -0.309 e. The van der Waals surface area contributed by atoms with Crippen LogP contribution in [-0.2, 0) is 0 Å². The molecule has 0 N–H and O–H groups in total. The first-order chi connectivity index (χ1) is 12.9. The van der Waals surface area contributed by atoms with Crippen molar-refractivity contribution in [3.05, 3.63) is 41.2 Å². The van der Waals surface area contributed by atoms with Crippen molar-refractivity contribution in [3.8, 4) is 0 Å². The van der Waals surface area contributed by atoms with E-state index in [-0.39, 0.29) is 11.9 Å². The van der Waals surface area contributed by atoms with E-state index in [4.69, 9.17) is 11.6 Å². The molecule has 3 aromatic rings. The molecule has 1 aromatic carbocycles. The fourth-order valence-electron chi connectivity index (χ4n) is 2.73. The Balaban J connectivity index is 1.93. The summed E-state index contributed by atoms with van der Waals surface area (Å²) in [6, 6.07) is 7.65. The predicted octanol–water partition coefficient (Wildman–Crippen LogP) is 4.33. The molecule has 0 saturated carbocycles. The van der Waals surface area contributed by atoms with E-state index >= 15 is 0 Å². The molecule has 6 nitrogen and oxygen atoms in total. The Labute approximate surface area is 168 Å². The fourth-order valence-corrected chi connectivity index (χ4v) is 4.02. The highest BCUT2D eigenvalue weighted by molar-refractivity contribution is 7.22. The summed E-state index contributed by atoms with van der Waals surface area (Å²) >= 11 is 7.75. The molecule has 0 aliphatic heterocycles. The van der Waals surface area contributed by atoms with Crippen LogP contribution >= 0.6 is 22.9 Å². The molecule has 2 heterocycles. The van der Waals surface area contributed by atoms with Crippen LogP contribution in [0.5, 0.6) is 0 Å². The van der Waals surface area contributed by atoms with Crippen LogP contribution in [0.4, 0.5) is 5.13 Å². The topological polar surface area (TPSA) is 54.3 Å². The summed E-state index contributed by atoms with van der Waals surface area (Å²) < 4.78 is 2.76. The van der Waals surface area contributed by atoms with Gasteiger partial charge in [-0.15, -0.1) is 0 Å². The summed E-state index contributed by atoms with van der Waals surface area (Å²) in [6.45, 7) is 5.52. The van der Waals surface area contributed by atoms with Gasteiger partial charge >= 0.3 is 0 Å². The van der Waals surface area contributed by atoms with Gasteiger partial charge in [-0.2, -0.15) is 5.10 Å². The lowest BCUT2D eigenvalue weighted by Gasteiger charge is -2.20. The molecule has 0 radical (unpaired) electrons. The molecule has 0 spiro atoms. The molecule has 27 heavy (non-hydrogen) atoms. The van der Waals surface area contributed by atoms with Gasteiger partial charge in [0, 0.05) is 18.8 Å². The molecule has 0 atom stereocenters. The first-order valence-electron chi connectivity index (χ1n) is 8.93. The van der Waals surface area contributed by atoms with E-state index in [1.807, 2.05) is 52.3 Å². The number of nitrogens with zero attached hydrogens (tertiary/aromatic N) is 5. The van der Waals surface area contributed by atoms with E-state index in [0.717, 1.165) is 23.2 Å². The third-order valence-electron chi connectivity index (χ3n) is 4.18. The van der Waals surface area contributed by atoms with E-state index in [2.05, 4.69) is 15.0 Å². The van der Waals surface area contributed by atoms with Gasteiger partial charge in [0.2, 0.25) is 0 Å². The van der Waals surface area contributed by atoms with Crippen molar-refractivity contribution in [2.75, 3.05) is 32.1 Å². The van der Waals surface area contributed by atoms with Crippen LogP contribution in [0, 0.1) is 0 Å². The largest absolute Gasteiger partial charge is 0.309 e. The lowest BCUT2D eigenvalue weighted by atomic mass is 10.3. The monoisotopic (exact) mass is 405 g/mol. The lowest BCUT2D eigenvalue weighted by Crippen LogP contribution is -2.33. The molecule has 0 saturated heterocycles. The van der Waals surface area contributed by atoms with Crippen LogP contribution < -0.4 is 4.90 Å². The lowest BCUT2D eigenvalue weighted by molar-refractivity contribution is 0.0980. The SMILES string of the molecule is CC(C)n1ccc(C(=O)N(CCCN(C)C)c2nc3c(Cl)cccc3s2)n1. The Morgan fingerprint density at radius 3 is 2.67 bits per heavy atom. The van der Waals surface area contributed by atoms with E-state index in [1.165, 1.54) is 11.3 Å². The smallest absolute Gasteiger partial charge is 0.280 e. The molecule has 0 fully saturated rings. The van der Waals surface area contributed by atoms with Crippen LogP contribution in [0.1, 0.15) is 36.8 Å². The van der Waals surface area contributed by atoms with Crippen molar-refractivity contribution in [1.29, 1.82) is 0 Å². The summed E-state index contributed by atoms with van der Waals surface area (Å²) in [5.74, 6) is -0.136. The normalized spacial score (nSPS) is 11.7. The van der Waals surface area contributed by atoms with Crippen LogP contribution in [0.2, 0.25) is 5.02 Å². The van der Waals surface area contributed by atoms with Crippen LogP contribution in [0.3, 0.4) is 0 Å². The Morgan fingerprint density at radius 2 is 2.04 bits per heavy atom. The number of carbonyl (C=O) groups excluding carboxylic acids is 1. The fraction of sp³-hybridized carbons (Fsp3) is 0.421. The maximum absolute atomic E-state index is 13.2. The Hall–Kier alpha value is -1.96. The molecule has 144 valence electrons. The summed E-state index contributed by atoms with van der Waals surface area (Å²) in [7, 11) is 4.04. The van der Waals surface area contributed by atoms with Crippen LogP contribution in [0.15, 0.2) is 30.5 Å². The Morgan fingerprint density at radius 1 is 1.26 bits per heavy atom. The molecule has 0 aliphatic carbocycles. The number of carbonyl (C=O) groups is 1. The van der Waals surface area contributed by atoms with Gasteiger partial charge in [0.05, 0.1) is 9.72 Å². The number of rotatable bonds is 7. The summed E-state index contributed by atoms with van der Waals surface area (Å²) in [5, 5.41) is 5.69. The standard InChI is InChI=1S/C19H24ClN5OS/c1-13(2)25-12-9-15(22-25)18(26)24(11-6-10-23(3)4)19-21-17-14(20)7-5-8-16(17)27-19/h5,7-9,12-13H,6,10-11H2,1-4H3. The zero-order chi connectivity index (χ0) is 19.6. The van der Waals surface area contributed by atoms with Crippen LogP contribution in [0.25, 0.3) is 10.2 Å². The number of hydrogen-bond donors (Lipinski definition) is 0. The molecule has 0 unspecified atom stereocenters. The predicted molar refractivity (Wildman–Crippen MR) is 112 cm³/mol. The maximum Gasteiger partial charge on any atom is 0.280 e. The van der Waals surface area contributed by atoms with Gasteiger partial charge < -0.3 is 4.90 Å². The van der Waals surface area contributed by atoms with E-state index in [1.54, 1.807) is 15.6 Å². The zero-order valence-electron chi connectivity index (χ0n) is 16.0. The zero-order valence-corrected chi connectivity index (χ0v) is 17.6. The van der Waals surface area contributed by atoms with Crippen molar-refractivity contribution in [3.63, 3.8) is 0 Å². The number of halogens is 1. The first-order valence-corrected chi connectivity index (χ1v) is 10.1. The van der Waals surface area contributed by atoms with Gasteiger partial charge in [0.25, 0.3) is 5.91 Å². The van der Waals surface area contributed by atoms with Gasteiger partial charge in [-0.3, -0.25) is 14.4 Å². The minimum atomic E-state index is -0.136. The second-order valence-electron chi connectivity index (χ2n) is 6.97. The highest BCUT2D eigenvalue weighted by atomic mass is 35.5. The second-order valence-corrected chi connectivity index (χ2v) is 8.39. The highest BCUT2D eigenvalue weighted by Gasteiger charge is 2.23. The number of thiazole rings is 1. The number of hydrogen-bond acceptors (Lipinski definition) is 5. The summed E-state index contributed by atoms with van der Waals surface area (Å²) in [5.41, 5.74) is 1.16. The van der Waals surface area contributed by atoms with Crippen molar-refractivity contribution >= 4 is 44.2 Å². The van der Waals surface area contributed by atoms with Crippen molar-refractivity contribution < 1.29 is 4.79 Å². The average molecular weight is 406 g/mol. The average Bonchev–Trinajstić information content (AvgIpc) is 3.25. The van der Waals surface area contributed by atoms with Crippen molar-refractivity contribution in [1.82, 2.24) is 19.7 Å². The van der Waals surface area contributed by atoms with Crippen molar-refractivity contribution in [2.45, 2.75) is 26.3 Å². The summed E-state index contributed by atoms with van der Waals surface area (Å²) in [4.78, 5) is 21.7. The highest BCUT2D eigenvalue weighted by Crippen LogP contribution is 2.33. The van der Waals surface area contributed by atoms with E-state index < -0.39 is 0 Å². The van der Waals surface area contributed by atoms with Crippen molar-refractivity contribution in [2.24, 2.45) is 0 Å². The molecule has 0 aliphatic rings. The van der Waals surface area contributed by atoms with Gasteiger partial charge in [-0.25, -0.2) is 4.98 Å². The third kappa shape index (κ3) is 4.48. The quantitative estimate of drug-likeness (QED) is 0.587. The molecule has 1 amide bonds. The summed E-state index contributed by atoms with van der Waals surface area (Å²) in [6.07, 6.45) is 2.68. The molecule has 0 bridgehead atoms. The Bertz CT molecular complexity index is 933. The molecule has 3 rings (SSSR count). The number of para-hydroxylation sites is 1. The molecule has 8 heteroatoms. The second kappa shape index (κ2) is 8.37. The van der Waals surface area contributed by atoms with E-state index in [9.17, 15) is 4.79 Å². The first kappa shape index (κ1) is 19.8. The van der Waals surface area contributed by atoms with Gasteiger partial charge in [0.15, 0.2) is 10.8 Å². The number of anilines is 1.